The van der Waals surface area contributed by atoms with Crippen LogP contribution in [0.25, 0.3) is 0 Å². The van der Waals surface area contributed by atoms with Gasteiger partial charge in [0.05, 0.1) is 19.8 Å². The second kappa shape index (κ2) is 7.67. The summed E-state index contributed by atoms with van der Waals surface area (Å²) in [6.07, 6.45) is 3.69. The van der Waals surface area contributed by atoms with E-state index >= 15 is 0 Å². The molecule has 1 rings (SSSR count). The Morgan fingerprint density at radius 3 is 2.71 bits per heavy atom. The number of hydrogen-bond donors (Lipinski definition) is 1. The first-order valence-electron chi connectivity index (χ1n) is 6.60. The van der Waals surface area contributed by atoms with E-state index in [1.807, 2.05) is 6.92 Å². The number of unbranched alkanes of at least 4 members (excludes halogenated alkanes) is 2. The zero-order chi connectivity index (χ0) is 12.6. The van der Waals surface area contributed by atoms with Crippen molar-refractivity contribution in [2.45, 2.75) is 39.5 Å². The highest BCUT2D eigenvalue weighted by molar-refractivity contribution is 5.69. The first kappa shape index (κ1) is 14.5. The third-order valence-corrected chi connectivity index (χ3v) is 2.99. The summed E-state index contributed by atoms with van der Waals surface area (Å²) >= 11 is 0. The monoisotopic (exact) mass is 243 g/mol. The van der Waals surface area contributed by atoms with Crippen LogP contribution in [0.5, 0.6) is 0 Å². The molecule has 0 amide bonds. The lowest BCUT2D eigenvalue weighted by Crippen LogP contribution is -2.47. The molecule has 0 aliphatic carbocycles. The fourth-order valence-corrected chi connectivity index (χ4v) is 1.87. The summed E-state index contributed by atoms with van der Waals surface area (Å²) in [6.45, 7) is 8.38. The van der Waals surface area contributed by atoms with Gasteiger partial charge in [-0.1, -0.05) is 13.3 Å². The maximum atomic E-state index is 11.1. The summed E-state index contributed by atoms with van der Waals surface area (Å²) in [5.41, 5.74) is 0.352. The molecular formula is C13H25NO3. The van der Waals surface area contributed by atoms with Crippen LogP contribution in [0.4, 0.5) is 0 Å². The van der Waals surface area contributed by atoms with Crippen molar-refractivity contribution in [1.29, 1.82) is 0 Å². The van der Waals surface area contributed by atoms with Gasteiger partial charge in [-0.15, -0.1) is 0 Å². The molecular weight excluding hydrogens is 218 g/mol. The molecule has 0 spiro atoms. The van der Waals surface area contributed by atoms with E-state index in [1.165, 1.54) is 0 Å². The summed E-state index contributed by atoms with van der Waals surface area (Å²) in [6, 6.07) is 0. The van der Waals surface area contributed by atoms with Gasteiger partial charge in [0, 0.05) is 18.4 Å². The lowest BCUT2D eigenvalue weighted by Gasteiger charge is -2.38. The molecule has 0 aromatic heterocycles. The number of nitrogens with one attached hydrogen (secondary N) is 1. The normalized spacial score (nSPS) is 17.5. The van der Waals surface area contributed by atoms with Crippen molar-refractivity contribution in [1.82, 2.24) is 5.32 Å². The van der Waals surface area contributed by atoms with Gasteiger partial charge >= 0.3 is 5.97 Å². The minimum absolute atomic E-state index is 0.0698. The average Bonchev–Trinajstić information content (AvgIpc) is 2.26. The van der Waals surface area contributed by atoms with Crippen LogP contribution in [0.3, 0.4) is 0 Å². The Morgan fingerprint density at radius 1 is 1.35 bits per heavy atom. The minimum Gasteiger partial charge on any atom is -0.466 e. The van der Waals surface area contributed by atoms with Gasteiger partial charge in [0.25, 0.3) is 0 Å². The zero-order valence-electron chi connectivity index (χ0n) is 11.1. The van der Waals surface area contributed by atoms with Gasteiger partial charge in [-0.25, -0.2) is 0 Å². The lowest BCUT2D eigenvalue weighted by molar-refractivity contribution is -0.143. The quantitative estimate of drug-likeness (QED) is 0.495. The van der Waals surface area contributed by atoms with E-state index in [1.54, 1.807) is 0 Å². The van der Waals surface area contributed by atoms with E-state index in [0.717, 1.165) is 45.6 Å². The number of ether oxygens (including phenoxy) is 2. The van der Waals surface area contributed by atoms with Crippen LogP contribution >= 0.6 is 0 Å². The largest absolute Gasteiger partial charge is 0.466 e. The Balaban J connectivity index is 1.83. The third-order valence-electron chi connectivity index (χ3n) is 2.99. The van der Waals surface area contributed by atoms with E-state index < -0.39 is 0 Å². The first-order chi connectivity index (χ1) is 8.16. The second-order valence-electron chi connectivity index (χ2n) is 5.10. The van der Waals surface area contributed by atoms with Gasteiger partial charge in [-0.05, 0) is 26.3 Å². The van der Waals surface area contributed by atoms with E-state index in [9.17, 15) is 4.79 Å². The Labute approximate surface area is 104 Å². The van der Waals surface area contributed by atoms with Gasteiger partial charge in [-0.3, -0.25) is 4.79 Å². The average molecular weight is 243 g/mol. The number of esters is 1. The number of hydrogen-bond acceptors (Lipinski definition) is 4. The highest BCUT2D eigenvalue weighted by atomic mass is 16.5. The van der Waals surface area contributed by atoms with Gasteiger partial charge < -0.3 is 14.8 Å². The van der Waals surface area contributed by atoms with Gasteiger partial charge in [0.1, 0.15) is 0 Å². The zero-order valence-corrected chi connectivity index (χ0v) is 11.1. The van der Waals surface area contributed by atoms with Crippen LogP contribution in [0.15, 0.2) is 0 Å². The van der Waals surface area contributed by atoms with Crippen molar-refractivity contribution in [2.24, 2.45) is 5.41 Å². The molecule has 1 N–H and O–H groups in total. The Morgan fingerprint density at radius 2 is 2.12 bits per heavy atom. The molecule has 4 heteroatoms. The van der Waals surface area contributed by atoms with E-state index in [4.69, 9.17) is 9.47 Å². The van der Waals surface area contributed by atoms with Gasteiger partial charge in [0.2, 0.25) is 0 Å². The summed E-state index contributed by atoms with van der Waals surface area (Å²) in [5.74, 6) is -0.0698. The van der Waals surface area contributed by atoms with Crippen molar-refractivity contribution in [3.63, 3.8) is 0 Å². The molecule has 0 saturated carbocycles. The smallest absolute Gasteiger partial charge is 0.305 e. The molecule has 0 aromatic carbocycles. The van der Waals surface area contributed by atoms with Crippen LogP contribution in [-0.2, 0) is 14.3 Å². The third kappa shape index (κ3) is 6.03. The first-order valence-corrected chi connectivity index (χ1v) is 6.60. The topological polar surface area (TPSA) is 47.6 Å². The van der Waals surface area contributed by atoms with Crippen LogP contribution in [0.2, 0.25) is 0 Å². The molecule has 1 aliphatic heterocycles. The molecule has 1 aliphatic rings. The molecule has 100 valence electrons. The molecule has 0 radical (unpaired) electrons. The maximum Gasteiger partial charge on any atom is 0.305 e. The number of rotatable bonds is 9. The number of carbonyl (C=O) groups excluding carboxylic acids is 1. The molecule has 1 heterocycles. The molecule has 1 fully saturated rings. The Kier molecular flexibility index (Phi) is 6.52. The highest BCUT2D eigenvalue weighted by Gasteiger charge is 2.32. The van der Waals surface area contributed by atoms with Crippen molar-refractivity contribution >= 4 is 5.97 Å². The van der Waals surface area contributed by atoms with Gasteiger partial charge in [0.15, 0.2) is 0 Å². The minimum atomic E-state index is -0.0698. The molecule has 1 saturated heterocycles. The molecule has 0 unspecified atom stereocenters. The van der Waals surface area contributed by atoms with Gasteiger partial charge in [-0.2, -0.15) is 0 Å². The van der Waals surface area contributed by atoms with Crippen molar-refractivity contribution in [2.75, 3.05) is 32.9 Å². The van der Waals surface area contributed by atoms with Crippen molar-refractivity contribution < 1.29 is 14.3 Å². The predicted molar refractivity (Wildman–Crippen MR) is 66.9 cm³/mol. The van der Waals surface area contributed by atoms with Crippen LogP contribution in [0, 0.1) is 5.41 Å². The van der Waals surface area contributed by atoms with Crippen molar-refractivity contribution in [3.8, 4) is 0 Å². The molecule has 0 bridgehead atoms. The van der Waals surface area contributed by atoms with E-state index in [-0.39, 0.29) is 5.97 Å². The standard InChI is InChI=1S/C13H25NO3/c1-3-17-12(15)7-5-4-6-8-14-9-13(2)10-16-11-13/h14H,3-11H2,1-2H3. The summed E-state index contributed by atoms with van der Waals surface area (Å²) in [7, 11) is 0. The fraction of sp³-hybridized carbons (Fsp3) is 0.923. The molecule has 0 aromatic rings. The SMILES string of the molecule is CCOC(=O)CCCCCNCC1(C)COC1. The molecule has 0 atom stereocenters. The van der Waals surface area contributed by atoms with Crippen molar-refractivity contribution in [3.05, 3.63) is 0 Å². The Bertz CT molecular complexity index is 227. The number of carbonyl (C=O) groups is 1. The second-order valence-corrected chi connectivity index (χ2v) is 5.10. The summed E-state index contributed by atoms with van der Waals surface area (Å²) < 4.78 is 10.1. The summed E-state index contributed by atoms with van der Waals surface area (Å²) in [4.78, 5) is 11.1. The molecule has 4 nitrogen and oxygen atoms in total. The Hall–Kier alpha value is -0.610. The maximum absolute atomic E-state index is 11.1. The summed E-state index contributed by atoms with van der Waals surface area (Å²) in [5, 5.41) is 3.44. The highest BCUT2D eigenvalue weighted by Crippen LogP contribution is 2.24. The van der Waals surface area contributed by atoms with Crippen LogP contribution in [-0.4, -0.2) is 38.9 Å². The fourth-order valence-electron chi connectivity index (χ4n) is 1.87. The predicted octanol–water partition coefficient (Wildman–Crippen LogP) is 1.74. The van der Waals surface area contributed by atoms with Crippen LogP contribution in [0.1, 0.15) is 39.5 Å². The van der Waals surface area contributed by atoms with Crippen LogP contribution < -0.4 is 5.32 Å². The van der Waals surface area contributed by atoms with E-state index in [2.05, 4.69) is 12.2 Å². The lowest BCUT2D eigenvalue weighted by atomic mass is 9.89. The van der Waals surface area contributed by atoms with E-state index in [0.29, 0.717) is 18.4 Å². The molecule has 17 heavy (non-hydrogen) atoms.